The molecule has 1 aromatic rings. The van der Waals surface area contributed by atoms with Crippen molar-refractivity contribution in [1.82, 2.24) is 10.6 Å². The van der Waals surface area contributed by atoms with Gasteiger partial charge < -0.3 is 20.5 Å². The number of hydrogen-bond donors (Lipinski definition) is 3. The number of carbonyl (C=O) groups is 2. The smallest absolute Gasteiger partial charge is 0.331 e. The molecular formula is C14H20N2O4S. The van der Waals surface area contributed by atoms with Crippen molar-refractivity contribution in [2.45, 2.75) is 31.9 Å². The molecular weight excluding hydrogens is 292 g/mol. The van der Waals surface area contributed by atoms with Crippen LogP contribution < -0.4 is 10.6 Å². The van der Waals surface area contributed by atoms with Crippen LogP contribution in [0.3, 0.4) is 0 Å². The lowest BCUT2D eigenvalue weighted by Crippen LogP contribution is -2.43. The number of carbonyl (C=O) groups excluding carboxylic acids is 1. The molecule has 2 rings (SSSR count). The van der Waals surface area contributed by atoms with E-state index in [1.165, 1.54) is 11.3 Å². The lowest BCUT2D eigenvalue weighted by atomic mass is 10.00. The fourth-order valence-corrected chi connectivity index (χ4v) is 3.26. The monoisotopic (exact) mass is 312 g/mol. The minimum absolute atomic E-state index is 0.179. The van der Waals surface area contributed by atoms with Gasteiger partial charge in [-0.15, -0.1) is 11.3 Å². The second kappa shape index (κ2) is 7.42. The number of carboxylic acids is 1. The Morgan fingerprint density at radius 3 is 3.00 bits per heavy atom. The van der Waals surface area contributed by atoms with Crippen molar-refractivity contribution in [3.05, 3.63) is 22.4 Å². The molecule has 0 aromatic carbocycles. The molecule has 3 atom stereocenters. The Bertz CT molecular complexity index is 477. The summed E-state index contributed by atoms with van der Waals surface area (Å²) < 4.78 is 5.56. The average Bonchev–Trinajstić information content (AvgIpc) is 3.12. The van der Waals surface area contributed by atoms with Crippen LogP contribution in [0.4, 0.5) is 4.79 Å². The molecule has 1 saturated heterocycles. The minimum Gasteiger partial charge on any atom is -0.479 e. The van der Waals surface area contributed by atoms with Gasteiger partial charge in [0.05, 0.1) is 6.10 Å². The number of aliphatic carboxylic acids is 1. The molecule has 3 N–H and O–H groups in total. The SMILES string of the molecule is CCC1OCCC1CNC(=O)NC(C(=O)O)c1cccs1. The summed E-state index contributed by atoms with van der Waals surface area (Å²) in [6.45, 7) is 3.28. The van der Waals surface area contributed by atoms with Gasteiger partial charge in [0.2, 0.25) is 0 Å². The Morgan fingerprint density at radius 1 is 1.57 bits per heavy atom. The first-order valence-electron chi connectivity index (χ1n) is 7.04. The number of nitrogens with one attached hydrogen (secondary N) is 2. The summed E-state index contributed by atoms with van der Waals surface area (Å²) in [5, 5.41) is 16.2. The zero-order valence-corrected chi connectivity index (χ0v) is 12.7. The highest BCUT2D eigenvalue weighted by molar-refractivity contribution is 7.10. The van der Waals surface area contributed by atoms with Crippen LogP contribution in [0.15, 0.2) is 17.5 Å². The highest BCUT2D eigenvalue weighted by Crippen LogP contribution is 2.22. The molecule has 2 heterocycles. The van der Waals surface area contributed by atoms with E-state index in [9.17, 15) is 14.7 Å². The Labute approximate surface area is 127 Å². The van der Waals surface area contributed by atoms with E-state index in [-0.39, 0.29) is 6.10 Å². The second-order valence-corrected chi connectivity index (χ2v) is 5.99. The van der Waals surface area contributed by atoms with Crippen LogP contribution in [0, 0.1) is 5.92 Å². The molecule has 3 unspecified atom stereocenters. The summed E-state index contributed by atoms with van der Waals surface area (Å²) in [4.78, 5) is 23.7. The molecule has 0 spiro atoms. The average molecular weight is 312 g/mol. The number of carboxylic acid groups (broad SMARTS) is 1. The van der Waals surface area contributed by atoms with E-state index in [2.05, 4.69) is 17.6 Å². The molecule has 7 heteroatoms. The maximum absolute atomic E-state index is 11.9. The summed E-state index contributed by atoms with van der Waals surface area (Å²) in [6, 6.07) is 1.99. The molecule has 0 aliphatic carbocycles. The number of rotatable bonds is 6. The third-order valence-corrected chi connectivity index (χ3v) is 4.56. The summed E-state index contributed by atoms with van der Waals surface area (Å²) in [5.74, 6) is -0.769. The first kappa shape index (κ1) is 15.8. The lowest BCUT2D eigenvalue weighted by molar-refractivity contribution is -0.139. The Kier molecular flexibility index (Phi) is 5.58. The van der Waals surface area contributed by atoms with E-state index < -0.39 is 18.0 Å². The molecule has 0 saturated carbocycles. The molecule has 1 aliphatic heterocycles. The van der Waals surface area contributed by atoms with Gasteiger partial charge in [-0.1, -0.05) is 13.0 Å². The summed E-state index contributed by atoms with van der Waals surface area (Å²) in [5.41, 5.74) is 0. The molecule has 116 valence electrons. The Morgan fingerprint density at radius 2 is 2.38 bits per heavy atom. The van der Waals surface area contributed by atoms with E-state index in [1.54, 1.807) is 17.5 Å². The van der Waals surface area contributed by atoms with Gasteiger partial charge in [0.1, 0.15) is 0 Å². The maximum Gasteiger partial charge on any atom is 0.331 e. The summed E-state index contributed by atoms with van der Waals surface area (Å²) in [7, 11) is 0. The van der Waals surface area contributed by atoms with Crippen LogP contribution >= 0.6 is 11.3 Å². The van der Waals surface area contributed by atoms with Crippen LogP contribution in [0.1, 0.15) is 30.7 Å². The highest BCUT2D eigenvalue weighted by atomic mass is 32.1. The number of hydrogen-bond acceptors (Lipinski definition) is 4. The Hall–Kier alpha value is -1.60. The fraction of sp³-hybridized carbons (Fsp3) is 0.571. The maximum atomic E-state index is 11.9. The fourth-order valence-electron chi connectivity index (χ4n) is 2.49. The van der Waals surface area contributed by atoms with Crippen molar-refractivity contribution < 1.29 is 19.4 Å². The van der Waals surface area contributed by atoms with Gasteiger partial charge in [-0.3, -0.25) is 0 Å². The van der Waals surface area contributed by atoms with E-state index in [4.69, 9.17) is 4.74 Å². The molecule has 0 bridgehead atoms. The second-order valence-electron chi connectivity index (χ2n) is 5.01. The molecule has 1 aliphatic rings. The number of ether oxygens (including phenoxy) is 1. The van der Waals surface area contributed by atoms with Gasteiger partial charge in [-0.25, -0.2) is 9.59 Å². The van der Waals surface area contributed by atoms with Crippen LogP contribution in [0.25, 0.3) is 0 Å². The van der Waals surface area contributed by atoms with Gasteiger partial charge in [0, 0.05) is 23.9 Å². The lowest BCUT2D eigenvalue weighted by Gasteiger charge is -2.19. The Balaban J connectivity index is 1.84. The third-order valence-electron chi connectivity index (χ3n) is 3.62. The van der Waals surface area contributed by atoms with Crippen LogP contribution in [0.2, 0.25) is 0 Å². The normalized spacial score (nSPS) is 22.7. The van der Waals surface area contributed by atoms with Gasteiger partial charge in [0.15, 0.2) is 6.04 Å². The zero-order chi connectivity index (χ0) is 15.2. The van der Waals surface area contributed by atoms with E-state index in [0.717, 1.165) is 19.4 Å². The quantitative estimate of drug-likeness (QED) is 0.749. The van der Waals surface area contributed by atoms with Crippen molar-refractivity contribution in [2.75, 3.05) is 13.2 Å². The van der Waals surface area contributed by atoms with Gasteiger partial charge in [-0.05, 0) is 24.3 Å². The number of thiophene rings is 1. The molecule has 1 aromatic heterocycles. The van der Waals surface area contributed by atoms with E-state index in [1.807, 2.05) is 0 Å². The molecule has 2 amide bonds. The van der Waals surface area contributed by atoms with E-state index >= 15 is 0 Å². The molecule has 1 fully saturated rings. The molecule has 21 heavy (non-hydrogen) atoms. The topological polar surface area (TPSA) is 87.7 Å². The molecule has 6 nitrogen and oxygen atoms in total. The van der Waals surface area contributed by atoms with E-state index in [0.29, 0.717) is 17.3 Å². The first-order chi connectivity index (χ1) is 10.1. The first-order valence-corrected chi connectivity index (χ1v) is 7.92. The van der Waals surface area contributed by atoms with Crippen molar-refractivity contribution in [2.24, 2.45) is 5.92 Å². The van der Waals surface area contributed by atoms with Crippen molar-refractivity contribution in [3.8, 4) is 0 Å². The summed E-state index contributed by atoms with van der Waals surface area (Å²) >= 11 is 1.31. The van der Waals surface area contributed by atoms with Crippen LogP contribution in [-0.4, -0.2) is 36.4 Å². The number of urea groups is 1. The summed E-state index contributed by atoms with van der Waals surface area (Å²) in [6.07, 6.45) is 2.02. The highest BCUT2D eigenvalue weighted by Gasteiger charge is 2.28. The predicted octanol–water partition coefficient (Wildman–Crippen LogP) is 1.99. The van der Waals surface area contributed by atoms with Crippen molar-refractivity contribution in [3.63, 3.8) is 0 Å². The minimum atomic E-state index is -1.07. The standard InChI is InChI=1S/C14H20N2O4S/c1-2-10-9(5-6-20-10)8-15-14(19)16-12(13(17)18)11-4-3-7-21-11/h3-4,7,9-10,12H,2,5-6,8H2,1H3,(H,17,18)(H2,15,16,19). The largest absolute Gasteiger partial charge is 0.479 e. The number of amides is 2. The van der Waals surface area contributed by atoms with Crippen LogP contribution in [0.5, 0.6) is 0 Å². The van der Waals surface area contributed by atoms with Gasteiger partial charge in [-0.2, -0.15) is 0 Å². The van der Waals surface area contributed by atoms with Gasteiger partial charge in [0.25, 0.3) is 0 Å². The van der Waals surface area contributed by atoms with Crippen LogP contribution in [-0.2, 0) is 9.53 Å². The zero-order valence-electron chi connectivity index (χ0n) is 11.9. The molecule has 0 radical (unpaired) electrons. The predicted molar refractivity (Wildman–Crippen MR) is 79.4 cm³/mol. The van der Waals surface area contributed by atoms with Crippen molar-refractivity contribution in [1.29, 1.82) is 0 Å². The third kappa shape index (κ3) is 4.18. The van der Waals surface area contributed by atoms with Crippen molar-refractivity contribution >= 4 is 23.3 Å². The van der Waals surface area contributed by atoms with Gasteiger partial charge >= 0.3 is 12.0 Å².